The van der Waals surface area contributed by atoms with Gasteiger partial charge in [0.05, 0.1) is 62.4 Å². The summed E-state index contributed by atoms with van der Waals surface area (Å²) in [6.45, 7) is 25.7. The fourth-order valence-electron chi connectivity index (χ4n) is 6.68. The zero-order chi connectivity index (χ0) is 41.4. The van der Waals surface area contributed by atoms with Gasteiger partial charge in [0.2, 0.25) is 11.8 Å². The lowest BCUT2D eigenvalue weighted by atomic mass is 9.82. The van der Waals surface area contributed by atoms with Gasteiger partial charge in [-0.15, -0.1) is 0 Å². The van der Waals surface area contributed by atoms with Crippen molar-refractivity contribution in [2.75, 3.05) is 33.5 Å². The van der Waals surface area contributed by atoms with Crippen LogP contribution in [0.5, 0.6) is 0 Å². The van der Waals surface area contributed by atoms with Crippen LogP contribution in [0.25, 0.3) is 0 Å². The van der Waals surface area contributed by atoms with E-state index in [-0.39, 0.29) is 73.2 Å². The first-order chi connectivity index (χ1) is 25.2. The molecule has 6 unspecified atom stereocenters. The van der Waals surface area contributed by atoms with Crippen LogP contribution in [0.2, 0.25) is 0 Å². The van der Waals surface area contributed by atoms with Crippen LogP contribution in [-0.4, -0.2) is 152 Å². The molecule has 3 aliphatic heterocycles. The number of amides is 2. The predicted octanol–water partition coefficient (Wildman–Crippen LogP) is 1.29. The van der Waals surface area contributed by atoms with Gasteiger partial charge in [-0.1, -0.05) is 27.7 Å². The van der Waals surface area contributed by atoms with Gasteiger partial charge in [-0.05, 0) is 79.2 Å². The van der Waals surface area contributed by atoms with Gasteiger partial charge in [-0.3, -0.25) is 9.59 Å². The Hall–Kier alpha value is -1.54. The van der Waals surface area contributed by atoms with Gasteiger partial charge in [0.1, 0.15) is 24.4 Å². The summed E-state index contributed by atoms with van der Waals surface area (Å²) in [5.41, 5.74) is 0. The molecule has 0 bridgehead atoms. The summed E-state index contributed by atoms with van der Waals surface area (Å²) in [5, 5.41) is 46.7. The molecule has 16 heteroatoms. The molecule has 2 amide bonds. The van der Waals surface area contributed by atoms with Crippen LogP contribution in [0.15, 0.2) is 0 Å². The number of aliphatic hydroxyl groups is 4. The van der Waals surface area contributed by atoms with Crippen LogP contribution in [0, 0.1) is 23.7 Å². The van der Waals surface area contributed by atoms with Crippen LogP contribution in [0.1, 0.15) is 90.0 Å². The van der Waals surface area contributed by atoms with Gasteiger partial charge in [0.25, 0.3) is 0 Å². The van der Waals surface area contributed by atoms with Crippen LogP contribution < -0.4 is 16.0 Å². The van der Waals surface area contributed by atoms with Gasteiger partial charge >= 0.3 is 0 Å². The molecule has 0 spiro atoms. The number of likely N-dealkylation sites (N-methyl/N-ethyl adjacent to an activating group) is 1. The maximum Gasteiger partial charge on any atom is 0.217 e. The van der Waals surface area contributed by atoms with E-state index in [0.29, 0.717) is 31.0 Å². The molecule has 3 rings (SSSR count). The second-order valence-corrected chi connectivity index (χ2v) is 15.4. The van der Waals surface area contributed by atoms with Gasteiger partial charge in [-0.2, -0.15) is 0 Å². The van der Waals surface area contributed by atoms with Crippen molar-refractivity contribution in [3.63, 3.8) is 0 Å². The Morgan fingerprint density at radius 3 is 1.43 bits per heavy atom. The molecule has 7 N–H and O–H groups in total. The summed E-state index contributed by atoms with van der Waals surface area (Å²) in [6.07, 6.45) is -5.22. The third kappa shape index (κ3) is 15.8. The van der Waals surface area contributed by atoms with Crippen LogP contribution in [-0.2, 0) is 42.7 Å². The van der Waals surface area contributed by atoms with Crippen LogP contribution in [0.3, 0.4) is 0 Å². The van der Waals surface area contributed by atoms with E-state index < -0.39 is 43.5 Å². The first-order valence-electron chi connectivity index (χ1n) is 19.5. The van der Waals surface area contributed by atoms with Crippen molar-refractivity contribution in [3.8, 4) is 0 Å². The van der Waals surface area contributed by atoms with Gasteiger partial charge in [-0.25, -0.2) is 0 Å². The molecule has 15 atom stereocenters. The Kier molecular flexibility index (Phi) is 23.3. The minimum atomic E-state index is -1.28. The smallest absolute Gasteiger partial charge is 0.217 e. The minimum Gasteiger partial charge on any atom is -0.394 e. The van der Waals surface area contributed by atoms with E-state index in [1.165, 1.54) is 13.8 Å². The SMILES string of the molecule is CC(=O)NC1[C@@H](OC(C)C)OC(CO)[C@@H](O)[C@@H]1O.CCOCC1O[C@H](OC(C)C)C(NC(C)=O)[C@@H](C)[C@@H]1C.CNC1[C@@H](OC(C)C)OC(CO)[C@@H](C)[C@@H]1C. The lowest BCUT2D eigenvalue weighted by Gasteiger charge is -2.45. The molecular weight excluding hydrogens is 706 g/mol. The quantitative estimate of drug-likeness (QED) is 0.132. The lowest BCUT2D eigenvalue weighted by molar-refractivity contribution is -0.278. The standard InChI is InChI=1S/C15H29NO4.C12H25NO3.C11H21NO6/c1-7-18-8-13-10(4)11(5)14(16-12(6)17)15(20-13)19-9(2)3;1-7(2)15-12-11(13-5)9(4)8(3)10(6-14)16-12;1-5(2)17-11-8(12-6(3)14)10(16)9(15)7(4-13)18-11/h9-11,13-15H,7-8H2,1-6H3,(H,16,17);7-14H,6H2,1-5H3;5,7-11,13,15-16H,4H2,1-3H3,(H,12,14)/t10-,11-,13?,14?,15-;8-,9-,10?,11?,12-;7?,8?,9-,10-,11+/m001/s1. The zero-order valence-electron chi connectivity index (χ0n) is 35.2. The van der Waals surface area contributed by atoms with Crippen LogP contribution >= 0.6 is 0 Å². The fraction of sp³-hybridized carbons (Fsp3) is 0.947. The number of carbonyl (C=O) groups is 2. The van der Waals surface area contributed by atoms with Gasteiger partial charge in [0, 0.05) is 20.5 Å². The van der Waals surface area contributed by atoms with Crippen molar-refractivity contribution in [2.45, 2.75) is 176 Å². The van der Waals surface area contributed by atoms with E-state index in [1.54, 1.807) is 13.8 Å². The lowest BCUT2D eigenvalue weighted by Crippen LogP contribution is -2.64. The summed E-state index contributed by atoms with van der Waals surface area (Å²) < 4.78 is 39.7. The largest absolute Gasteiger partial charge is 0.394 e. The minimum absolute atomic E-state index is 0.00120. The fourth-order valence-corrected chi connectivity index (χ4v) is 6.68. The molecule has 0 aromatic rings. The van der Waals surface area contributed by atoms with Crippen molar-refractivity contribution < 1.29 is 63.2 Å². The first-order valence-corrected chi connectivity index (χ1v) is 19.5. The average molecular weight is 782 g/mol. The molecule has 3 fully saturated rings. The Morgan fingerprint density at radius 2 is 1.00 bits per heavy atom. The molecule has 0 aromatic heterocycles. The van der Waals surface area contributed by atoms with E-state index in [2.05, 4.69) is 43.6 Å². The second kappa shape index (κ2) is 25.0. The highest BCUT2D eigenvalue weighted by Crippen LogP contribution is 2.33. The molecule has 3 aliphatic rings. The summed E-state index contributed by atoms with van der Waals surface area (Å²) in [7, 11) is 1.92. The zero-order valence-corrected chi connectivity index (χ0v) is 35.2. The molecule has 16 nitrogen and oxygen atoms in total. The molecule has 0 radical (unpaired) electrons. The number of nitrogens with one attached hydrogen (secondary N) is 3. The van der Waals surface area contributed by atoms with Crippen LogP contribution in [0.4, 0.5) is 0 Å². The highest BCUT2D eigenvalue weighted by molar-refractivity contribution is 5.73. The third-order valence-corrected chi connectivity index (χ3v) is 10.0. The Labute approximate surface area is 323 Å². The van der Waals surface area contributed by atoms with Crippen molar-refractivity contribution in [1.82, 2.24) is 16.0 Å². The van der Waals surface area contributed by atoms with Crippen molar-refractivity contribution >= 4 is 11.8 Å². The van der Waals surface area contributed by atoms with Crippen molar-refractivity contribution in [3.05, 3.63) is 0 Å². The van der Waals surface area contributed by atoms with E-state index in [1.807, 2.05) is 41.7 Å². The highest BCUT2D eigenvalue weighted by atomic mass is 16.7. The number of hydrogen-bond donors (Lipinski definition) is 7. The molecule has 0 aliphatic carbocycles. The molecule has 0 aromatic carbocycles. The summed E-state index contributed by atoms with van der Waals surface area (Å²) in [4.78, 5) is 22.5. The summed E-state index contributed by atoms with van der Waals surface area (Å²) in [5.74, 6) is 0.884. The van der Waals surface area contributed by atoms with E-state index >= 15 is 0 Å². The molecule has 3 saturated heterocycles. The van der Waals surface area contributed by atoms with E-state index in [0.717, 1.165) is 0 Å². The van der Waals surface area contributed by atoms with Crippen molar-refractivity contribution in [2.24, 2.45) is 23.7 Å². The molecule has 54 heavy (non-hydrogen) atoms. The number of hydrogen-bond acceptors (Lipinski definition) is 14. The predicted molar refractivity (Wildman–Crippen MR) is 202 cm³/mol. The van der Waals surface area contributed by atoms with E-state index in [9.17, 15) is 24.9 Å². The second-order valence-electron chi connectivity index (χ2n) is 15.4. The molecule has 0 saturated carbocycles. The number of aliphatic hydroxyl groups excluding tert-OH is 4. The molecule has 320 valence electrons. The number of rotatable bonds is 14. The third-order valence-electron chi connectivity index (χ3n) is 10.0. The average Bonchev–Trinajstić information content (AvgIpc) is 3.08. The van der Waals surface area contributed by atoms with E-state index in [4.69, 9.17) is 38.3 Å². The monoisotopic (exact) mass is 782 g/mol. The summed E-state index contributed by atoms with van der Waals surface area (Å²) >= 11 is 0. The Bertz CT molecular complexity index is 1060. The highest BCUT2D eigenvalue weighted by Gasteiger charge is 2.46. The Morgan fingerprint density at radius 1 is 0.611 bits per heavy atom. The summed E-state index contributed by atoms with van der Waals surface area (Å²) in [6, 6.07) is -0.814. The number of carbonyl (C=O) groups excluding carboxylic acids is 2. The van der Waals surface area contributed by atoms with Gasteiger partial charge < -0.3 is 69.5 Å². The molecular formula is C38H75N3O13. The maximum atomic E-state index is 11.4. The Balaban J connectivity index is 0.000000408. The maximum absolute atomic E-state index is 11.4. The first kappa shape index (κ1) is 50.5. The normalized spacial score (nSPS) is 36.9. The van der Waals surface area contributed by atoms with Gasteiger partial charge in [0.15, 0.2) is 18.9 Å². The number of ether oxygens (including phenoxy) is 7. The van der Waals surface area contributed by atoms with Crippen molar-refractivity contribution in [1.29, 1.82) is 0 Å². The molecule has 3 heterocycles. The topological polar surface area (TPSA) is 216 Å².